The van der Waals surface area contributed by atoms with Gasteiger partial charge in [0, 0.05) is 44.5 Å². The van der Waals surface area contributed by atoms with Crippen LogP contribution in [0.2, 0.25) is 0 Å². The molecular formula is C25H34N4O. The number of hydrogen-bond acceptors (Lipinski definition) is 5. The highest BCUT2D eigenvalue weighted by atomic mass is 16.5. The Morgan fingerprint density at radius 2 is 1.73 bits per heavy atom. The van der Waals surface area contributed by atoms with E-state index in [0.29, 0.717) is 6.04 Å². The maximum absolute atomic E-state index is 6.71. The Labute approximate surface area is 180 Å². The van der Waals surface area contributed by atoms with E-state index in [9.17, 15) is 0 Å². The second kappa shape index (κ2) is 8.96. The molecule has 0 radical (unpaired) electrons. The lowest BCUT2D eigenvalue weighted by molar-refractivity contribution is 0.0367. The van der Waals surface area contributed by atoms with Crippen molar-refractivity contribution in [2.75, 3.05) is 44.2 Å². The molecule has 3 N–H and O–H groups in total. The molecule has 2 fully saturated rings. The third-order valence-electron chi connectivity index (χ3n) is 6.96. The zero-order chi connectivity index (χ0) is 20.3. The Kier molecular flexibility index (Phi) is 5.93. The minimum Gasteiger partial charge on any atom is -0.484 e. The molecule has 1 aliphatic carbocycles. The van der Waals surface area contributed by atoms with Crippen molar-refractivity contribution >= 4 is 5.69 Å². The average Bonchev–Trinajstić information content (AvgIpc) is 2.80. The van der Waals surface area contributed by atoms with Crippen LogP contribution in [0.3, 0.4) is 0 Å². The molecule has 2 heterocycles. The summed E-state index contributed by atoms with van der Waals surface area (Å²) in [6, 6.07) is 18.2. The highest BCUT2D eigenvalue weighted by molar-refractivity contribution is 5.49. The van der Waals surface area contributed by atoms with Crippen molar-refractivity contribution in [3.63, 3.8) is 0 Å². The average molecular weight is 407 g/mol. The fraction of sp³-hybridized carbons (Fsp3) is 0.520. The Hall–Kier alpha value is -2.08. The molecule has 2 aromatic carbocycles. The summed E-state index contributed by atoms with van der Waals surface area (Å²) in [6.07, 6.45) is 4.64. The van der Waals surface area contributed by atoms with Gasteiger partial charge in [0.05, 0.1) is 6.04 Å². The van der Waals surface area contributed by atoms with Crippen LogP contribution in [0.15, 0.2) is 48.5 Å². The summed E-state index contributed by atoms with van der Waals surface area (Å²) >= 11 is 0. The normalized spacial score (nSPS) is 27.5. The van der Waals surface area contributed by atoms with Gasteiger partial charge in [0.1, 0.15) is 11.9 Å². The fourth-order valence-electron chi connectivity index (χ4n) is 5.36. The lowest BCUT2D eigenvalue weighted by Gasteiger charge is -2.43. The SMILES string of the molecule is N[C@@H]1CCCN(C2CCc3ccccc3C2Oc2ccc(N3CCNCC3)cc2)C1. The van der Waals surface area contributed by atoms with Crippen LogP contribution in [-0.2, 0) is 6.42 Å². The van der Waals surface area contributed by atoms with Crippen molar-refractivity contribution in [3.05, 3.63) is 59.7 Å². The molecule has 160 valence electrons. The maximum Gasteiger partial charge on any atom is 0.139 e. The Morgan fingerprint density at radius 3 is 2.53 bits per heavy atom. The monoisotopic (exact) mass is 406 g/mol. The van der Waals surface area contributed by atoms with Crippen molar-refractivity contribution < 1.29 is 4.74 Å². The molecule has 2 unspecified atom stereocenters. The molecule has 0 bridgehead atoms. The first-order chi connectivity index (χ1) is 14.8. The lowest BCUT2D eigenvalue weighted by Crippen LogP contribution is -2.51. The van der Waals surface area contributed by atoms with E-state index in [4.69, 9.17) is 10.5 Å². The molecule has 2 aliphatic heterocycles. The number of ether oxygens (including phenoxy) is 1. The number of piperidine rings is 1. The smallest absolute Gasteiger partial charge is 0.139 e. The summed E-state index contributed by atoms with van der Waals surface area (Å²) in [5.74, 6) is 0.960. The molecule has 0 spiro atoms. The van der Waals surface area contributed by atoms with Crippen molar-refractivity contribution in [1.29, 1.82) is 0 Å². The molecule has 0 saturated carbocycles. The summed E-state index contributed by atoms with van der Waals surface area (Å²) in [7, 11) is 0. The summed E-state index contributed by atoms with van der Waals surface area (Å²) in [5.41, 5.74) is 10.4. The molecule has 0 amide bonds. The number of nitrogens with zero attached hydrogens (tertiary/aromatic N) is 2. The van der Waals surface area contributed by atoms with Crippen LogP contribution >= 0.6 is 0 Å². The van der Waals surface area contributed by atoms with Gasteiger partial charge in [0.2, 0.25) is 0 Å². The standard InChI is InChI=1S/C25H34N4O/c26-20-5-3-15-29(18-20)24-12-7-19-4-1-2-6-23(19)25(24)30-22-10-8-21(9-11-22)28-16-13-27-14-17-28/h1-2,4,6,8-11,20,24-25,27H,3,5,7,12-18,26H2/t20-,24?,25?/m1/s1. The molecule has 2 aromatic rings. The first-order valence-corrected chi connectivity index (χ1v) is 11.6. The summed E-state index contributed by atoms with van der Waals surface area (Å²) in [4.78, 5) is 5.03. The van der Waals surface area contributed by atoms with Crippen LogP contribution in [0.5, 0.6) is 5.75 Å². The highest BCUT2D eigenvalue weighted by Crippen LogP contribution is 2.37. The van der Waals surface area contributed by atoms with Crippen molar-refractivity contribution in [3.8, 4) is 5.75 Å². The third kappa shape index (κ3) is 4.20. The van der Waals surface area contributed by atoms with Gasteiger partial charge in [-0.15, -0.1) is 0 Å². The van der Waals surface area contributed by atoms with E-state index >= 15 is 0 Å². The van der Waals surface area contributed by atoms with Crippen LogP contribution in [0.25, 0.3) is 0 Å². The van der Waals surface area contributed by atoms with Gasteiger partial charge in [-0.3, -0.25) is 4.90 Å². The quantitative estimate of drug-likeness (QED) is 0.818. The number of fused-ring (bicyclic) bond motifs is 1. The van der Waals surface area contributed by atoms with Gasteiger partial charge in [-0.25, -0.2) is 0 Å². The molecule has 5 heteroatoms. The lowest BCUT2D eigenvalue weighted by atomic mass is 9.84. The summed E-state index contributed by atoms with van der Waals surface area (Å²) in [6.45, 7) is 6.34. The fourth-order valence-corrected chi connectivity index (χ4v) is 5.36. The first-order valence-electron chi connectivity index (χ1n) is 11.6. The third-order valence-corrected chi connectivity index (χ3v) is 6.96. The molecule has 2 saturated heterocycles. The van der Waals surface area contributed by atoms with E-state index in [2.05, 4.69) is 63.6 Å². The number of rotatable bonds is 4. The van der Waals surface area contributed by atoms with Gasteiger partial charge >= 0.3 is 0 Å². The Morgan fingerprint density at radius 1 is 0.933 bits per heavy atom. The predicted octanol–water partition coefficient (Wildman–Crippen LogP) is 2.95. The molecular weight excluding hydrogens is 372 g/mol. The molecule has 3 atom stereocenters. The van der Waals surface area contributed by atoms with Crippen molar-refractivity contribution in [2.45, 2.75) is 43.9 Å². The number of aryl methyl sites for hydroxylation is 1. The number of nitrogens with one attached hydrogen (secondary N) is 1. The zero-order valence-corrected chi connectivity index (χ0v) is 17.8. The molecule has 30 heavy (non-hydrogen) atoms. The molecule has 5 nitrogen and oxygen atoms in total. The Balaban J connectivity index is 1.37. The number of piperazine rings is 1. The van der Waals surface area contributed by atoms with E-state index in [1.807, 2.05) is 0 Å². The van der Waals surface area contributed by atoms with Crippen LogP contribution in [-0.4, -0.2) is 56.3 Å². The van der Waals surface area contributed by atoms with E-state index < -0.39 is 0 Å². The second-order valence-electron chi connectivity index (χ2n) is 8.97. The zero-order valence-electron chi connectivity index (χ0n) is 17.8. The number of nitrogens with two attached hydrogens (primary N) is 1. The predicted molar refractivity (Wildman–Crippen MR) is 122 cm³/mol. The van der Waals surface area contributed by atoms with Crippen molar-refractivity contribution in [1.82, 2.24) is 10.2 Å². The van der Waals surface area contributed by atoms with Gasteiger partial charge in [-0.1, -0.05) is 24.3 Å². The molecule has 3 aliphatic rings. The van der Waals surface area contributed by atoms with Gasteiger partial charge in [0.15, 0.2) is 0 Å². The summed E-state index contributed by atoms with van der Waals surface area (Å²) < 4.78 is 6.71. The first kappa shape index (κ1) is 19.9. The van der Waals surface area contributed by atoms with Gasteiger partial charge in [0.25, 0.3) is 0 Å². The Bertz CT molecular complexity index is 833. The minimum absolute atomic E-state index is 0.0605. The molecule has 0 aromatic heterocycles. The number of hydrogen-bond donors (Lipinski definition) is 2. The van der Waals surface area contributed by atoms with Crippen LogP contribution in [0.4, 0.5) is 5.69 Å². The number of benzene rings is 2. The van der Waals surface area contributed by atoms with E-state index in [1.54, 1.807) is 0 Å². The highest BCUT2D eigenvalue weighted by Gasteiger charge is 2.36. The van der Waals surface area contributed by atoms with Crippen LogP contribution in [0.1, 0.15) is 36.5 Å². The maximum atomic E-state index is 6.71. The molecule has 5 rings (SSSR count). The van der Waals surface area contributed by atoms with E-state index in [1.165, 1.54) is 23.2 Å². The second-order valence-corrected chi connectivity index (χ2v) is 8.97. The topological polar surface area (TPSA) is 53.8 Å². The largest absolute Gasteiger partial charge is 0.484 e. The van der Waals surface area contributed by atoms with E-state index in [-0.39, 0.29) is 12.1 Å². The van der Waals surface area contributed by atoms with Gasteiger partial charge in [-0.2, -0.15) is 0 Å². The van der Waals surface area contributed by atoms with Crippen LogP contribution < -0.4 is 20.7 Å². The van der Waals surface area contributed by atoms with Crippen molar-refractivity contribution in [2.24, 2.45) is 5.73 Å². The van der Waals surface area contributed by atoms with Crippen LogP contribution in [0, 0.1) is 0 Å². The van der Waals surface area contributed by atoms with E-state index in [0.717, 1.165) is 64.3 Å². The number of likely N-dealkylation sites (tertiary alicyclic amines) is 1. The summed E-state index contributed by atoms with van der Waals surface area (Å²) in [5, 5.41) is 3.42. The van der Waals surface area contributed by atoms with Gasteiger partial charge in [-0.05, 0) is 67.6 Å². The minimum atomic E-state index is 0.0605. The van der Waals surface area contributed by atoms with Gasteiger partial charge < -0.3 is 20.7 Å². The number of anilines is 1.